The van der Waals surface area contributed by atoms with Crippen LogP contribution in [-0.2, 0) is 11.3 Å². The summed E-state index contributed by atoms with van der Waals surface area (Å²) in [5.41, 5.74) is 2.68. The Hall–Kier alpha value is -1.75. The number of aldehydes is 1. The van der Waals surface area contributed by atoms with Gasteiger partial charge in [0.05, 0.1) is 0 Å². The van der Waals surface area contributed by atoms with Crippen LogP contribution in [0.15, 0.2) is 60.3 Å². The Bertz CT molecular complexity index is 791. The molecule has 31 heavy (non-hydrogen) atoms. The summed E-state index contributed by atoms with van der Waals surface area (Å²) >= 11 is 0. The molecule has 3 aliphatic rings. The van der Waals surface area contributed by atoms with Crippen LogP contribution in [0.3, 0.4) is 0 Å². The number of phenolic OH excluding ortho intramolecular Hbond substituents is 1. The van der Waals surface area contributed by atoms with Gasteiger partial charge in [0.15, 0.2) is 0 Å². The standard InChI is InChI=1S/C25H32N2O2.2ClH/c28-15-1-2-21-11-14-27(17-19-3-7-24(29)8-4-19)18-25(21)23-6-5-20-9-12-26-13-10-22(20)16-23;;/h3-8,10,13,15-16,20-22,25-26,29H,1-2,9,11-12,14,17-18H2;2*1H. The number of fused-ring (bicyclic) bond motifs is 1. The molecule has 2 aliphatic heterocycles. The van der Waals surface area contributed by atoms with Gasteiger partial charge in [-0.1, -0.05) is 36.4 Å². The summed E-state index contributed by atoms with van der Waals surface area (Å²) in [6, 6.07) is 7.55. The van der Waals surface area contributed by atoms with Gasteiger partial charge in [0.1, 0.15) is 12.0 Å². The fraction of sp³-hybridized carbons (Fsp3) is 0.480. The highest BCUT2D eigenvalue weighted by Crippen LogP contribution is 2.38. The van der Waals surface area contributed by atoms with Crippen LogP contribution in [-0.4, -0.2) is 35.9 Å². The number of carbonyl (C=O) groups excluding carboxylic acids is 1. The highest BCUT2D eigenvalue weighted by atomic mass is 35.5. The van der Waals surface area contributed by atoms with Gasteiger partial charge in [0.25, 0.3) is 0 Å². The first kappa shape index (κ1) is 25.5. The molecule has 1 saturated heterocycles. The third kappa shape index (κ3) is 6.61. The minimum Gasteiger partial charge on any atom is -0.508 e. The van der Waals surface area contributed by atoms with Crippen LogP contribution < -0.4 is 5.32 Å². The fourth-order valence-electron chi connectivity index (χ4n) is 5.09. The van der Waals surface area contributed by atoms with Crippen LogP contribution in [0.25, 0.3) is 0 Å². The molecule has 1 aromatic rings. The molecule has 4 rings (SSSR count). The van der Waals surface area contributed by atoms with Gasteiger partial charge in [0, 0.05) is 32.0 Å². The zero-order valence-electron chi connectivity index (χ0n) is 17.9. The average Bonchev–Trinajstić information content (AvgIpc) is 2.99. The lowest BCUT2D eigenvalue weighted by Crippen LogP contribution is -2.41. The second-order valence-electron chi connectivity index (χ2n) is 8.67. The number of nitrogens with one attached hydrogen (secondary N) is 1. The predicted molar refractivity (Wildman–Crippen MR) is 131 cm³/mol. The number of aromatic hydroxyl groups is 1. The van der Waals surface area contributed by atoms with Gasteiger partial charge in [0.2, 0.25) is 0 Å². The largest absolute Gasteiger partial charge is 0.508 e. The molecule has 0 radical (unpaired) electrons. The Morgan fingerprint density at radius 1 is 1.13 bits per heavy atom. The number of benzene rings is 1. The summed E-state index contributed by atoms with van der Waals surface area (Å²) in [6.45, 7) is 4.04. The van der Waals surface area contributed by atoms with E-state index in [1.165, 1.54) is 17.6 Å². The van der Waals surface area contributed by atoms with Crippen molar-refractivity contribution in [1.29, 1.82) is 0 Å². The normalized spacial score (nSPS) is 27.5. The topological polar surface area (TPSA) is 52.6 Å². The Balaban J connectivity index is 0.00000171. The highest BCUT2D eigenvalue weighted by molar-refractivity contribution is 5.85. The van der Waals surface area contributed by atoms with Crippen molar-refractivity contribution in [2.45, 2.75) is 32.2 Å². The van der Waals surface area contributed by atoms with Gasteiger partial charge in [-0.2, -0.15) is 0 Å². The number of nitrogens with zero attached hydrogens (tertiary/aromatic N) is 1. The average molecular weight is 465 g/mol. The van der Waals surface area contributed by atoms with Crippen molar-refractivity contribution in [1.82, 2.24) is 10.2 Å². The maximum atomic E-state index is 11.0. The highest BCUT2D eigenvalue weighted by Gasteiger charge is 2.32. The third-order valence-electron chi connectivity index (χ3n) is 6.74. The van der Waals surface area contributed by atoms with Crippen LogP contribution in [0.4, 0.5) is 0 Å². The first-order chi connectivity index (χ1) is 14.2. The molecular weight excluding hydrogens is 431 g/mol. The number of halogens is 2. The maximum Gasteiger partial charge on any atom is 0.120 e. The molecule has 4 nitrogen and oxygen atoms in total. The number of hydrogen-bond acceptors (Lipinski definition) is 4. The van der Waals surface area contributed by atoms with E-state index in [9.17, 15) is 9.90 Å². The SMILES string of the molecule is Cl.Cl.O=CCCC1CCN(Cc2ccc(O)cc2)CC1C1=CC2C=CNCCC2C=C1. The van der Waals surface area contributed by atoms with Crippen molar-refractivity contribution in [3.05, 3.63) is 65.9 Å². The molecule has 170 valence electrons. The van der Waals surface area contributed by atoms with Crippen LogP contribution in [0.2, 0.25) is 0 Å². The van der Waals surface area contributed by atoms with Gasteiger partial charge in [-0.25, -0.2) is 0 Å². The molecule has 2 N–H and O–H groups in total. The van der Waals surface area contributed by atoms with E-state index in [2.05, 4.69) is 40.7 Å². The molecule has 4 unspecified atom stereocenters. The Kier molecular flexibility index (Phi) is 10.1. The number of phenols is 1. The van der Waals surface area contributed by atoms with Crippen LogP contribution in [0.1, 0.15) is 31.2 Å². The molecule has 4 atom stereocenters. The van der Waals surface area contributed by atoms with E-state index in [0.717, 1.165) is 45.3 Å². The molecule has 1 fully saturated rings. The van der Waals surface area contributed by atoms with E-state index in [4.69, 9.17) is 0 Å². The molecule has 0 bridgehead atoms. The van der Waals surface area contributed by atoms with Crippen molar-refractivity contribution in [3.63, 3.8) is 0 Å². The quantitative estimate of drug-likeness (QED) is 0.588. The van der Waals surface area contributed by atoms with Gasteiger partial charge >= 0.3 is 0 Å². The number of likely N-dealkylation sites (tertiary alicyclic amines) is 1. The van der Waals surface area contributed by atoms with Crippen LogP contribution in [0.5, 0.6) is 5.75 Å². The summed E-state index contributed by atoms with van der Waals surface area (Å²) in [6.07, 6.45) is 16.7. The number of rotatable bonds is 6. The number of piperidine rings is 1. The molecule has 1 aliphatic carbocycles. The summed E-state index contributed by atoms with van der Waals surface area (Å²) in [4.78, 5) is 13.5. The van der Waals surface area contributed by atoms with Gasteiger partial charge < -0.3 is 15.2 Å². The van der Waals surface area contributed by atoms with E-state index in [1.54, 1.807) is 12.1 Å². The molecule has 0 aromatic heterocycles. The lowest BCUT2D eigenvalue weighted by atomic mass is 9.73. The third-order valence-corrected chi connectivity index (χ3v) is 6.74. The van der Waals surface area contributed by atoms with Crippen LogP contribution in [0, 0.1) is 23.7 Å². The number of hydrogen-bond donors (Lipinski definition) is 2. The van der Waals surface area contributed by atoms with Crippen molar-refractivity contribution < 1.29 is 9.90 Å². The second kappa shape index (κ2) is 12.3. The lowest BCUT2D eigenvalue weighted by Gasteiger charge is -2.40. The summed E-state index contributed by atoms with van der Waals surface area (Å²) in [5.74, 6) is 2.43. The molecule has 1 aromatic carbocycles. The Labute approximate surface area is 198 Å². The Morgan fingerprint density at radius 3 is 2.71 bits per heavy atom. The van der Waals surface area contributed by atoms with E-state index in [-0.39, 0.29) is 24.8 Å². The van der Waals surface area contributed by atoms with E-state index < -0.39 is 0 Å². The summed E-state index contributed by atoms with van der Waals surface area (Å²) < 4.78 is 0. The lowest BCUT2D eigenvalue weighted by molar-refractivity contribution is -0.108. The van der Waals surface area contributed by atoms with Gasteiger partial charge in [-0.15, -0.1) is 24.8 Å². The van der Waals surface area contributed by atoms with Crippen LogP contribution >= 0.6 is 24.8 Å². The van der Waals surface area contributed by atoms with Crippen molar-refractivity contribution in [2.75, 3.05) is 19.6 Å². The fourth-order valence-corrected chi connectivity index (χ4v) is 5.09. The maximum absolute atomic E-state index is 11.0. The molecule has 0 spiro atoms. The molecule has 0 saturated carbocycles. The molecule has 0 amide bonds. The van der Waals surface area contributed by atoms with Gasteiger partial charge in [-0.3, -0.25) is 4.90 Å². The first-order valence-electron chi connectivity index (χ1n) is 11.0. The van der Waals surface area contributed by atoms with Crippen molar-refractivity contribution in [2.24, 2.45) is 23.7 Å². The molecule has 2 heterocycles. The minimum absolute atomic E-state index is 0. The number of carbonyl (C=O) groups is 1. The van der Waals surface area contributed by atoms with E-state index in [1.807, 2.05) is 12.1 Å². The number of allylic oxidation sites excluding steroid dienone is 4. The minimum atomic E-state index is 0. The summed E-state index contributed by atoms with van der Waals surface area (Å²) in [5, 5.41) is 12.9. The van der Waals surface area contributed by atoms with Crippen molar-refractivity contribution in [3.8, 4) is 5.75 Å². The van der Waals surface area contributed by atoms with E-state index in [0.29, 0.717) is 35.8 Å². The first-order valence-corrected chi connectivity index (χ1v) is 11.0. The predicted octanol–water partition coefficient (Wildman–Crippen LogP) is 4.89. The molecular formula is C25H34Cl2N2O2. The zero-order valence-corrected chi connectivity index (χ0v) is 19.5. The zero-order chi connectivity index (χ0) is 20.1. The van der Waals surface area contributed by atoms with Crippen molar-refractivity contribution >= 4 is 31.1 Å². The smallest absolute Gasteiger partial charge is 0.120 e. The Morgan fingerprint density at radius 2 is 1.94 bits per heavy atom. The monoisotopic (exact) mass is 464 g/mol. The molecule has 6 heteroatoms. The van der Waals surface area contributed by atoms with E-state index >= 15 is 0 Å². The van der Waals surface area contributed by atoms with Gasteiger partial charge in [-0.05, 0) is 73.0 Å². The summed E-state index contributed by atoms with van der Waals surface area (Å²) in [7, 11) is 0. The second-order valence-corrected chi connectivity index (χ2v) is 8.67.